The molecule has 2 aromatic rings. The van der Waals surface area contributed by atoms with E-state index < -0.39 is 5.97 Å². The van der Waals surface area contributed by atoms with E-state index in [1.807, 2.05) is 6.07 Å². The third kappa shape index (κ3) is 2.23. The molecule has 1 N–H and O–H groups in total. The molecule has 98 valence electrons. The van der Waals surface area contributed by atoms with Crippen molar-refractivity contribution in [3.63, 3.8) is 0 Å². The van der Waals surface area contributed by atoms with Crippen molar-refractivity contribution in [1.29, 1.82) is 0 Å². The summed E-state index contributed by atoms with van der Waals surface area (Å²) in [6.45, 7) is 2.09. The molecule has 3 rings (SSSR count). The van der Waals surface area contributed by atoms with Gasteiger partial charge < -0.3 is 5.11 Å². The van der Waals surface area contributed by atoms with Crippen LogP contribution in [-0.4, -0.2) is 25.8 Å². The van der Waals surface area contributed by atoms with E-state index in [2.05, 4.69) is 17.0 Å². The monoisotopic (exact) mass is 257 g/mol. The summed E-state index contributed by atoms with van der Waals surface area (Å²) in [7, 11) is 0. The fraction of sp³-hybridized carbons (Fsp3) is 0.357. The van der Waals surface area contributed by atoms with Crippen LogP contribution in [0.15, 0.2) is 30.7 Å². The number of carbonyl (C=O) groups is 1. The normalized spacial score (nSPS) is 16.3. The van der Waals surface area contributed by atoms with Crippen LogP contribution in [0.2, 0.25) is 0 Å². The minimum Gasteiger partial charge on any atom is -0.478 e. The Hall–Kier alpha value is -2.17. The zero-order chi connectivity index (χ0) is 13.4. The van der Waals surface area contributed by atoms with E-state index in [9.17, 15) is 9.90 Å². The van der Waals surface area contributed by atoms with E-state index in [0.717, 1.165) is 5.56 Å². The maximum atomic E-state index is 11.3. The van der Waals surface area contributed by atoms with Crippen molar-refractivity contribution in [2.75, 3.05) is 0 Å². The lowest BCUT2D eigenvalue weighted by Gasteiger charge is -2.09. The molecule has 2 aromatic heterocycles. The molecule has 0 aromatic carbocycles. The highest BCUT2D eigenvalue weighted by Gasteiger charge is 2.31. The Morgan fingerprint density at radius 1 is 1.53 bits per heavy atom. The number of carboxylic acids is 1. The number of nitrogens with zero attached hydrogens (tertiary/aromatic N) is 3. The van der Waals surface area contributed by atoms with Crippen molar-refractivity contribution < 1.29 is 9.90 Å². The molecule has 0 spiro atoms. The average Bonchev–Trinajstić information content (AvgIpc) is 3.17. The summed E-state index contributed by atoms with van der Waals surface area (Å²) < 4.78 is 1.78. The quantitative estimate of drug-likeness (QED) is 0.914. The second-order valence-electron chi connectivity index (χ2n) is 5.00. The van der Waals surface area contributed by atoms with Gasteiger partial charge in [-0.1, -0.05) is 0 Å². The molecular weight excluding hydrogens is 242 g/mol. The largest absolute Gasteiger partial charge is 0.478 e. The Bertz CT molecular complexity index is 602. The second kappa shape index (κ2) is 4.50. The number of hydrogen-bond acceptors (Lipinski definition) is 3. The van der Waals surface area contributed by atoms with Gasteiger partial charge in [0.25, 0.3) is 0 Å². The van der Waals surface area contributed by atoms with E-state index in [-0.39, 0.29) is 11.6 Å². The fourth-order valence-electron chi connectivity index (χ4n) is 2.27. The summed E-state index contributed by atoms with van der Waals surface area (Å²) in [5.41, 5.74) is 1.47. The van der Waals surface area contributed by atoms with E-state index in [4.69, 9.17) is 0 Å². The fourth-order valence-corrected chi connectivity index (χ4v) is 2.27. The highest BCUT2D eigenvalue weighted by atomic mass is 16.4. The smallest absolute Gasteiger partial charge is 0.339 e. The zero-order valence-corrected chi connectivity index (χ0v) is 10.7. The summed E-state index contributed by atoms with van der Waals surface area (Å²) >= 11 is 0. The molecule has 1 aliphatic carbocycles. The van der Waals surface area contributed by atoms with Gasteiger partial charge in [0.2, 0.25) is 0 Å². The van der Waals surface area contributed by atoms with Crippen LogP contribution in [0.4, 0.5) is 0 Å². The molecule has 5 nitrogen and oxygen atoms in total. The highest BCUT2D eigenvalue weighted by Crippen LogP contribution is 2.39. The van der Waals surface area contributed by atoms with Gasteiger partial charge in [0.1, 0.15) is 11.3 Å². The van der Waals surface area contributed by atoms with Crippen molar-refractivity contribution >= 4 is 5.97 Å². The van der Waals surface area contributed by atoms with Crippen molar-refractivity contribution in [3.8, 4) is 11.3 Å². The maximum absolute atomic E-state index is 11.3. The summed E-state index contributed by atoms with van der Waals surface area (Å²) in [6, 6.07) is 3.86. The van der Waals surface area contributed by atoms with Crippen LogP contribution >= 0.6 is 0 Å². The Kier molecular flexibility index (Phi) is 2.81. The van der Waals surface area contributed by atoms with Gasteiger partial charge in [0.05, 0.1) is 6.04 Å². The lowest BCUT2D eigenvalue weighted by Crippen LogP contribution is -2.07. The molecule has 0 aliphatic heterocycles. The van der Waals surface area contributed by atoms with Crippen LogP contribution < -0.4 is 0 Å². The number of carboxylic acid groups (broad SMARTS) is 1. The maximum Gasteiger partial charge on any atom is 0.339 e. The number of hydrogen-bond donors (Lipinski definition) is 1. The molecule has 1 fully saturated rings. The first-order valence-electron chi connectivity index (χ1n) is 6.39. The van der Waals surface area contributed by atoms with Gasteiger partial charge in [0, 0.05) is 24.2 Å². The van der Waals surface area contributed by atoms with Crippen molar-refractivity contribution in [2.45, 2.75) is 25.8 Å². The first kappa shape index (κ1) is 11.9. The van der Waals surface area contributed by atoms with E-state index >= 15 is 0 Å². The van der Waals surface area contributed by atoms with Gasteiger partial charge in [-0.05, 0) is 37.8 Å². The van der Waals surface area contributed by atoms with E-state index in [1.54, 1.807) is 29.3 Å². The Morgan fingerprint density at radius 2 is 2.32 bits per heavy atom. The molecule has 1 saturated carbocycles. The van der Waals surface area contributed by atoms with Crippen LogP contribution in [0.1, 0.15) is 36.2 Å². The van der Waals surface area contributed by atoms with Crippen LogP contribution in [0.5, 0.6) is 0 Å². The Labute approximate surface area is 110 Å². The van der Waals surface area contributed by atoms with Gasteiger partial charge in [-0.15, -0.1) is 0 Å². The van der Waals surface area contributed by atoms with E-state index in [1.165, 1.54) is 12.8 Å². The lowest BCUT2D eigenvalue weighted by molar-refractivity contribution is 0.0697. The number of aromatic nitrogens is 3. The molecule has 0 radical (unpaired) electrons. The number of rotatable bonds is 4. The van der Waals surface area contributed by atoms with Gasteiger partial charge in [-0.3, -0.25) is 9.67 Å². The molecule has 2 heterocycles. The van der Waals surface area contributed by atoms with Gasteiger partial charge in [-0.2, -0.15) is 5.10 Å². The Balaban J connectivity index is 2.04. The third-order valence-corrected chi connectivity index (χ3v) is 3.62. The van der Waals surface area contributed by atoms with Gasteiger partial charge in [0.15, 0.2) is 0 Å². The average molecular weight is 257 g/mol. The number of pyridine rings is 1. The first-order valence-corrected chi connectivity index (χ1v) is 6.39. The molecule has 0 saturated heterocycles. The minimum absolute atomic E-state index is 0.237. The predicted octanol–water partition coefficient (Wildman–Crippen LogP) is 2.61. The zero-order valence-electron chi connectivity index (χ0n) is 10.7. The molecule has 0 bridgehead atoms. The van der Waals surface area contributed by atoms with E-state index in [0.29, 0.717) is 11.6 Å². The van der Waals surface area contributed by atoms with Crippen LogP contribution in [0.3, 0.4) is 0 Å². The van der Waals surface area contributed by atoms with Crippen molar-refractivity contribution in [2.24, 2.45) is 5.92 Å². The molecule has 0 amide bonds. The topological polar surface area (TPSA) is 68.0 Å². The molecular formula is C14H15N3O2. The summed E-state index contributed by atoms with van der Waals surface area (Å²) in [4.78, 5) is 15.4. The highest BCUT2D eigenvalue weighted by molar-refractivity contribution is 5.94. The van der Waals surface area contributed by atoms with Crippen molar-refractivity contribution in [1.82, 2.24) is 14.8 Å². The third-order valence-electron chi connectivity index (χ3n) is 3.62. The predicted molar refractivity (Wildman–Crippen MR) is 69.9 cm³/mol. The van der Waals surface area contributed by atoms with Crippen LogP contribution in [0.25, 0.3) is 11.3 Å². The van der Waals surface area contributed by atoms with Crippen LogP contribution in [0, 0.1) is 5.92 Å². The molecule has 5 heteroatoms. The van der Waals surface area contributed by atoms with Crippen molar-refractivity contribution in [3.05, 3.63) is 36.3 Å². The summed E-state index contributed by atoms with van der Waals surface area (Å²) in [5, 5.41) is 13.8. The second-order valence-corrected chi connectivity index (χ2v) is 5.00. The first-order chi connectivity index (χ1) is 9.16. The standard InChI is InChI=1S/C14H15N3O2/c1-9(10-4-5-10)17-8-12(14(18)19)13(16-17)11-3-2-6-15-7-11/h2-3,6-10H,4-5H2,1H3,(H,18,19). The molecule has 1 atom stereocenters. The molecule has 19 heavy (non-hydrogen) atoms. The Morgan fingerprint density at radius 3 is 2.89 bits per heavy atom. The summed E-state index contributed by atoms with van der Waals surface area (Å²) in [6.07, 6.45) is 7.33. The lowest BCUT2D eigenvalue weighted by atomic mass is 10.1. The SMILES string of the molecule is CC(C1CC1)n1cc(C(=O)O)c(-c2cccnc2)n1. The minimum atomic E-state index is -0.951. The van der Waals surface area contributed by atoms with Gasteiger partial charge in [-0.25, -0.2) is 4.79 Å². The van der Waals surface area contributed by atoms with Gasteiger partial charge >= 0.3 is 5.97 Å². The molecule has 1 unspecified atom stereocenters. The van der Waals surface area contributed by atoms with Crippen LogP contribution in [-0.2, 0) is 0 Å². The number of aromatic carboxylic acids is 1. The molecule has 1 aliphatic rings. The summed E-state index contributed by atoms with van der Waals surface area (Å²) in [5.74, 6) is -0.323.